The van der Waals surface area contributed by atoms with E-state index in [-0.39, 0.29) is 11.5 Å². The summed E-state index contributed by atoms with van der Waals surface area (Å²) >= 11 is 0. The van der Waals surface area contributed by atoms with Crippen molar-refractivity contribution in [1.29, 1.82) is 0 Å². The number of esters is 1. The largest absolute Gasteiger partial charge is 0.464 e. The zero-order chi connectivity index (χ0) is 14.2. The van der Waals surface area contributed by atoms with Crippen LogP contribution in [0, 0.1) is 20.8 Å². The fourth-order valence-electron chi connectivity index (χ4n) is 2.02. The predicted octanol–water partition coefficient (Wildman–Crippen LogP) is 1.56. The number of nitrogens with zero attached hydrogens (tertiary/aromatic N) is 3. The van der Waals surface area contributed by atoms with Crippen molar-refractivity contribution >= 4 is 11.8 Å². The van der Waals surface area contributed by atoms with Crippen LogP contribution in [0.15, 0.2) is 12.1 Å². The summed E-state index contributed by atoms with van der Waals surface area (Å²) in [4.78, 5) is 20.1. The molecule has 6 nitrogen and oxygen atoms in total. The van der Waals surface area contributed by atoms with Gasteiger partial charge in [-0.1, -0.05) is 0 Å². The highest BCUT2D eigenvalue weighted by molar-refractivity contribution is 5.92. The Labute approximate surface area is 111 Å². The molecule has 0 unspecified atom stereocenters. The molecule has 0 radical (unpaired) electrons. The number of pyridine rings is 1. The summed E-state index contributed by atoms with van der Waals surface area (Å²) in [6.45, 7) is 5.59. The van der Waals surface area contributed by atoms with E-state index in [1.165, 1.54) is 7.11 Å². The van der Waals surface area contributed by atoms with Crippen molar-refractivity contribution in [3.8, 4) is 5.69 Å². The second-order valence-electron chi connectivity index (χ2n) is 4.28. The maximum atomic E-state index is 11.6. The van der Waals surface area contributed by atoms with Crippen LogP contribution >= 0.6 is 0 Å². The molecular weight excluding hydrogens is 244 g/mol. The highest BCUT2D eigenvalue weighted by Crippen LogP contribution is 2.23. The number of imidazole rings is 1. The third-order valence-corrected chi connectivity index (χ3v) is 2.90. The Morgan fingerprint density at radius 3 is 2.53 bits per heavy atom. The van der Waals surface area contributed by atoms with Crippen LogP contribution in [0.1, 0.15) is 27.7 Å². The van der Waals surface area contributed by atoms with Gasteiger partial charge in [0, 0.05) is 5.69 Å². The van der Waals surface area contributed by atoms with Gasteiger partial charge in [0.15, 0.2) is 5.69 Å². The highest BCUT2D eigenvalue weighted by Gasteiger charge is 2.20. The minimum Gasteiger partial charge on any atom is -0.464 e. The minimum atomic E-state index is -0.544. The lowest BCUT2D eigenvalue weighted by Gasteiger charge is -2.10. The number of hydrogen-bond acceptors (Lipinski definition) is 5. The normalized spacial score (nSPS) is 10.5. The first kappa shape index (κ1) is 13.1. The van der Waals surface area contributed by atoms with Crippen LogP contribution < -0.4 is 5.73 Å². The van der Waals surface area contributed by atoms with Crippen molar-refractivity contribution in [2.45, 2.75) is 20.8 Å². The molecule has 2 N–H and O–H groups in total. The maximum Gasteiger partial charge on any atom is 0.360 e. The quantitative estimate of drug-likeness (QED) is 0.828. The lowest BCUT2D eigenvalue weighted by Crippen LogP contribution is -2.09. The number of nitrogen functional groups attached to an aromatic ring is 1. The number of ether oxygens (including phenoxy) is 1. The van der Waals surface area contributed by atoms with Crippen molar-refractivity contribution in [2.75, 3.05) is 12.8 Å². The third-order valence-electron chi connectivity index (χ3n) is 2.90. The van der Waals surface area contributed by atoms with E-state index in [1.54, 1.807) is 11.5 Å². The van der Waals surface area contributed by atoms with Gasteiger partial charge in [0.25, 0.3) is 0 Å². The summed E-state index contributed by atoms with van der Waals surface area (Å²) < 4.78 is 6.36. The molecular formula is C13H16N4O2. The summed E-state index contributed by atoms with van der Waals surface area (Å²) in [6, 6.07) is 3.79. The van der Waals surface area contributed by atoms with Crippen LogP contribution in [0.3, 0.4) is 0 Å². The SMILES string of the molecule is COC(=O)c1nc(C)n(-c2ccc(C)nc2C)c1N. The standard InChI is InChI=1S/C13H16N4O2/c1-7-5-6-10(8(2)15-7)17-9(3)16-11(12(17)14)13(18)19-4/h5-6H,14H2,1-4H3. The van der Waals surface area contributed by atoms with Gasteiger partial charge >= 0.3 is 5.97 Å². The lowest BCUT2D eigenvalue weighted by atomic mass is 10.2. The minimum absolute atomic E-state index is 0.125. The molecule has 0 amide bonds. The number of carbonyl (C=O) groups excluding carboxylic acids is 1. The van der Waals surface area contributed by atoms with Gasteiger partial charge in [0.1, 0.15) is 11.6 Å². The molecule has 0 spiro atoms. The van der Waals surface area contributed by atoms with Crippen LogP contribution in [0.2, 0.25) is 0 Å². The molecule has 0 saturated heterocycles. The molecule has 100 valence electrons. The number of aromatic nitrogens is 3. The van der Waals surface area contributed by atoms with E-state index in [0.717, 1.165) is 17.1 Å². The van der Waals surface area contributed by atoms with Crippen LogP contribution in [-0.2, 0) is 4.74 Å². The second-order valence-corrected chi connectivity index (χ2v) is 4.28. The fraction of sp³-hybridized carbons (Fsp3) is 0.308. The maximum absolute atomic E-state index is 11.6. The molecule has 0 aromatic carbocycles. The molecule has 0 saturated carbocycles. The topological polar surface area (TPSA) is 83.0 Å². The van der Waals surface area contributed by atoms with E-state index in [0.29, 0.717) is 5.82 Å². The second kappa shape index (κ2) is 4.72. The molecule has 2 aromatic heterocycles. The summed E-state index contributed by atoms with van der Waals surface area (Å²) in [5, 5.41) is 0. The van der Waals surface area contributed by atoms with Crippen LogP contribution in [-0.4, -0.2) is 27.6 Å². The number of anilines is 1. The molecule has 0 bridgehead atoms. The highest BCUT2D eigenvalue weighted by atomic mass is 16.5. The molecule has 0 aliphatic carbocycles. The molecule has 2 rings (SSSR count). The van der Waals surface area contributed by atoms with Gasteiger partial charge in [-0.2, -0.15) is 0 Å². The molecule has 6 heteroatoms. The van der Waals surface area contributed by atoms with Crippen molar-refractivity contribution in [2.24, 2.45) is 0 Å². The third kappa shape index (κ3) is 2.16. The average molecular weight is 260 g/mol. The Balaban J connectivity index is 2.63. The molecule has 2 heterocycles. The first-order chi connectivity index (χ1) is 8.95. The Hall–Kier alpha value is -2.37. The van der Waals surface area contributed by atoms with Gasteiger partial charge in [0.2, 0.25) is 0 Å². The van der Waals surface area contributed by atoms with E-state index < -0.39 is 5.97 Å². The monoisotopic (exact) mass is 260 g/mol. The van der Waals surface area contributed by atoms with Gasteiger partial charge in [-0.25, -0.2) is 9.78 Å². The lowest BCUT2D eigenvalue weighted by molar-refractivity contribution is 0.0596. The number of methoxy groups -OCH3 is 1. The van der Waals surface area contributed by atoms with Crippen molar-refractivity contribution in [3.63, 3.8) is 0 Å². The first-order valence-electron chi connectivity index (χ1n) is 5.83. The van der Waals surface area contributed by atoms with Gasteiger partial charge in [-0.05, 0) is 32.9 Å². The van der Waals surface area contributed by atoms with Crippen molar-refractivity contribution < 1.29 is 9.53 Å². The Morgan fingerprint density at radius 1 is 1.26 bits per heavy atom. The molecule has 19 heavy (non-hydrogen) atoms. The Kier molecular flexibility index (Phi) is 3.25. The van der Waals surface area contributed by atoms with Gasteiger partial charge in [-0.15, -0.1) is 0 Å². The summed E-state index contributed by atoms with van der Waals surface area (Å²) in [6.07, 6.45) is 0. The van der Waals surface area contributed by atoms with Crippen molar-refractivity contribution in [3.05, 3.63) is 35.0 Å². The first-order valence-corrected chi connectivity index (χ1v) is 5.83. The summed E-state index contributed by atoms with van der Waals surface area (Å²) in [5.41, 5.74) is 8.67. The number of hydrogen-bond donors (Lipinski definition) is 1. The van der Waals surface area contributed by atoms with E-state index in [9.17, 15) is 4.79 Å². The van der Waals surface area contributed by atoms with Gasteiger partial charge in [-0.3, -0.25) is 9.55 Å². The van der Waals surface area contributed by atoms with E-state index in [1.807, 2.05) is 26.0 Å². The predicted molar refractivity (Wildman–Crippen MR) is 71.3 cm³/mol. The number of rotatable bonds is 2. The zero-order valence-corrected chi connectivity index (χ0v) is 11.4. The van der Waals surface area contributed by atoms with Crippen molar-refractivity contribution in [1.82, 2.24) is 14.5 Å². The van der Waals surface area contributed by atoms with Gasteiger partial charge < -0.3 is 10.5 Å². The molecule has 0 aliphatic heterocycles. The zero-order valence-electron chi connectivity index (χ0n) is 11.4. The Morgan fingerprint density at radius 2 is 1.95 bits per heavy atom. The molecule has 2 aromatic rings. The smallest absolute Gasteiger partial charge is 0.360 e. The molecule has 0 fully saturated rings. The van der Waals surface area contributed by atoms with Gasteiger partial charge in [0.05, 0.1) is 18.5 Å². The average Bonchev–Trinajstić information content (AvgIpc) is 2.65. The summed E-state index contributed by atoms with van der Waals surface area (Å²) in [7, 11) is 1.30. The fourth-order valence-corrected chi connectivity index (χ4v) is 2.02. The number of nitrogens with two attached hydrogens (primary N) is 1. The number of carbonyl (C=O) groups is 1. The van der Waals surface area contributed by atoms with Crippen LogP contribution in [0.4, 0.5) is 5.82 Å². The molecule has 0 atom stereocenters. The summed E-state index contributed by atoms with van der Waals surface area (Å²) in [5.74, 6) is 0.335. The van der Waals surface area contributed by atoms with E-state index in [2.05, 4.69) is 14.7 Å². The van der Waals surface area contributed by atoms with Crippen LogP contribution in [0.5, 0.6) is 0 Å². The molecule has 0 aliphatic rings. The van der Waals surface area contributed by atoms with E-state index in [4.69, 9.17) is 5.73 Å². The Bertz CT molecular complexity index is 646. The van der Waals surface area contributed by atoms with E-state index >= 15 is 0 Å². The van der Waals surface area contributed by atoms with Crippen LogP contribution in [0.25, 0.3) is 5.69 Å². The number of aryl methyl sites for hydroxylation is 3.